The molecule has 1 amide bonds. The normalized spacial score (nSPS) is 22.5. The first-order valence-corrected chi connectivity index (χ1v) is 11.4. The van der Waals surface area contributed by atoms with Crippen molar-refractivity contribution in [2.24, 2.45) is 0 Å². The Labute approximate surface area is 178 Å². The Hall–Kier alpha value is -1.56. The van der Waals surface area contributed by atoms with E-state index in [9.17, 15) is 17.6 Å². The molecule has 1 fully saturated rings. The predicted molar refractivity (Wildman–Crippen MR) is 111 cm³/mol. The summed E-state index contributed by atoms with van der Waals surface area (Å²) in [6.07, 6.45) is 0.265. The molecule has 2 heterocycles. The van der Waals surface area contributed by atoms with E-state index in [1.807, 2.05) is 17.5 Å². The molecule has 1 N–H and O–H groups in total. The predicted octanol–water partition coefficient (Wildman–Crippen LogP) is 3.12. The molecular formula is C18H21ClFN3O4S2. The van der Waals surface area contributed by atoms with Crippen molar-refractivity contribution < 1.29 is 22.3 Å². The largest absolute Gasteiger partial charge is 0.383 e. The number of benzene rings is 1. The van der Waals surface area contributed by atoms with Crippen molar-refractivity contribution in [3.8, 4) is 0 Å². The number of hydrogen-bond donors (Lipinski definition) is 1. The molecule has 2 aromatic rings. The van der Waals surface area contributed by atoms with Gasteiger partial charge in [-0.3, -0.25) is 4.79 Å². The minimum atomic E-state index is -3.90. The molecule has 7 nitrogen and oxygen atoms in total. The van der Waals surface area contributed by atoms with Gasteiger partial charge in [-0.25, -0.2) is 4.39 Å². The highest BCUT2D eigenvalue weighted by atomic mass is 35.5. The Kier molecular flexibility index (Phi) is 6.92. The van der Waals surface area contributed by atoms with Crippen LogP contribution in [0.5, 0.6) is 0 Å². The van der Waals surface area contributed by atoms with E-state index in [0.29, 0.717) is 5.69 Å². The zero-order chi connectivity index (χ0) is 21.2. The van der Waals surface area contributed by atoms with Gasteiger partial charge in [-0.2, -0.15) is 17.0 Å². The van der Waals surface area contributed by atoms with Crippen LogP contribution < -0.4 is 5.32 Å². The molecule has 1 aromatic heterocycles. The number of nitrogens with one attached hydrogen (secondary N) is 1. The molecule has 0 aliphatic carbocycles. The number of methoxy groups -OCH3 is 1. The third-order valence-electron chi connectivity index (χ3n) is 4.77. The van der Waals surface area contributed by atoms with Crippen molar-refractivity contribution in [1.82, 2.24) is 8.61 Å². The van der Waals surface area contributed by atoms with E-state index < -0.39 is 34.0 Å². The van der Waals surface area contributed by atoms with Crippen LogP contribution in [0.2, 0.25) is 5.02 Å². The second kappa shape index (κ2) is 9.07. The molecule has 0 saturated carbocycles. The molecule has 0 spiro atoms. The number of anilines is 1. The number of hydrogen-bond acceptors (Lipinski definition) is 5. The van der Waals surface area contributed by atoms with Crippen molar-refractivity contribution in [2.45, 2.75) is 18.5 Å². The molecule has 29 heavy (non-hydrogen) atoms. The van der Waals surface area contributed by atoms with E-state index in [4.69, 9.17) is 16.3 Å². The number of amides is 1. The quantitative estimate of drug-likeness (QED) is 0.716. The van der Waals surface area contributed by atoms with Crippen LogP contribution in [-0.4, -0.2) is 56.3 Å². The standard InChI is InChI=1S/C18H21ClFN3O4S2/c1-22-16(18(24)21-12-5-6-14(20)13(19)10-12)11-15(17-4-3-9-28-17)23(7-8-27-2)29(22,25)26/h3-6,9-10,15-16H,7-8,11H2,1-2H3,(H,21,24)/t15-,16+/m0/s1. The van der Waals surface area contributed by atoms with Crippen LogP contribution >= 0.6 is 22.9 Å². The molecule has 3 rings (SSSR count). The SMILES string of the molecule is COCCN1[C@H](c2cccs2)C[C@H](C(=O)Nc2ccc(F)c(Cl)c2)N(C)S1(=O)=O. The molecule has 0 bridgehead atoms. The van der Waals surface area contributed by atoms with Crippen LogP contribution in [0.3, 0.4) is 0 Å². The topological polar surface area (TPSA) is 79.0 Å². The Morgan fingerprint density at radius 2 is 2.17 bits per heavy atom. The second-order valence-electron chi connectivity index (χ2n) is 6.53. The first-order chi connectivity index (χ1) is 13.8. The van der Waals surface area contributed by atoms with Crippen LogP contribution in [0, 0.1) is 5.82 Å². The van der Waals surface area contributed by atoms with Gasteiger partial charge in [0.05, 0.1) is 17.7 Å². The average molecular weight is 462 g/mol. The smallest absolute Gasteiger partial charge is 0.283 e. The Bertz CT molecular complexity index is 971. The lowest BCUT2D eigenvalue weighted by Crippen LogP contribution is -2.57. The van der Waals surface area contributed by atoms with Crippen molar-refractivity contribution in [1.29, 1.82) is 0 Å². The summed E-state index contributed by atoms with van der Waals surface area (Å²) in [4.78, 5) is 13.8. The van der Waals surface area contributed by atoms with Gasteiger partial charge in [0.2, 0.25) is 5.91 Å². The molecule has 0 unspecified atom stereocenters. The third-order valence-corrected chi connectivity index (χ3v) is 8.05. The summed E-state index contributed by atoms with van der Waals surface area (Å²) < 4.78 is 47.1. The van der Waals surface area contributed by atoms with Crippen LogP contribution in [-0.2, 0) is 19.7 Å². The molecule has 1 aliphatic rings. The first-order valence-electron chi connectivity index (χ1n) is 8.78. The van der Waals surface area contributed by atoms with Crippen molar-refractivity contribution >= 4 is 44.7 Å². The second-order valence-corrected chi connectivity index (χ2v) is 9.86. The Balaban J connectivity index is 1.89. The molecular weight excluding hydrogens is 441 g/mol. The maximum atomic E-state index is 13.4. The Morgan fingerprint density at radius 1 is 1.41 bits per heavy atom. The summed E-state index contributed by atoms with van der Waals surface area (Å²) in [5, 5.41) is 4.37. The number of ether oxygens (including phenoxy) is 1. The van der Waals surface area contributed by atoms with E-state index in [-0.39, 0.29) is 24.6 Å². The monoisotopic (exact) mass is 461 g/mol. The fourth-order valence-corrected chi connectivity index (χ4v) is 5.99. The highest BCUT2D eigenvalue weighted by Gasteiger charge is 2.46. The van der Waals surface area contributed by atoms with Gasteiger partial charge in [-0.15, -0.1) is 11.3 Å². The number of nitrogens with zero attached hydrogens (tertiary/aromatic N) is 2. The number of carbonyl (C=O) groups is 1. The van der Waals surface area contributed by atoms with Crippen LogP contribution in [0.1, 0.15) is 17.3 Å². The summed E-state index contributed by atoms with van der Waals surface area (Å²) in [5.41, 5.74) is 0.293. The summed E-state index contributed by atoms with van der Waals surface area (Å²) in [6.45, 7) is 0.410. The number of halogens is 2. The number of likely N-dealkylation sites (N-methyl/N-ethyl adjacent to an activating group) is 1. The molecule has 1 aliphatic heterocycles. The summed E-state index contributed by atoms with van der Waals surface area (Å²) >= 11 is 7.20. The lowest BCUT2D eigenvalue weighted by Gasteiger charge is -2.42. The molecule has 2 atom stereocenters. The van der Waals surface area contributed by atoms with Gasteiger partial charge in [0.25, 0.3) is 10.2 Å². The fraction of sp³-hybridized carbons (Fsp3) is 0.389. The number of rotatable bonds is 6. The molecule has 11 heteroatoms. The molecule has 0 radical (unpaired) electrons. The van der Waals surface area contributed by atoms with Crippen molar-refractivity contribution in [3.63, 3.8) is 0 Å². The van der Waals surface area contributed by atoms with Crippen LogP contribution in [0.25, 0.3) is 0 Å². The lowest BCUT2D eigenvalue weighted by molar-refractivity contribution is -0.120. The van der Waals surface area contributed by atoms with E-state index in [2.05, 4.69) is 5.32 Å². The minimum Gasteiger partial charge on any atom is -0.383 e. The fourth-order valence-electron chi connectivity index (χ4n) is 3.23. The van der Waals surface area contributed by atoms with Gasteiger partial charge in [-0.1, -0.05) is 17.7 Å². The van der Waals surface area contributed by atoms with Gasteiger partial charge < -0.3 is 10.1 Å². The van der Waals surface area contributed by atoms with Gasteiger partial charge in [-0.05, 0) is 36.1 Å². The first kappa shape index (κ1) is 22.1. The maximum Gasteiger partial charge on any atom is 0.283 e. The zero-order valence-electron chi connectivity index (χ0n) is 15.8. The lowest BCUT2D eigenvalue weighted by atomic mass is 10.0. The van der Waals surface area contributed by atoms with E-state index in [1.54, 1.807) is 0 Å². The third kappa shape index (κ3) is 4.62. The highest BCUT2D eigenvalue weighted by molar-refractivity contribution is 7.86. The van der Waals surface area contributed by atoms with Crippen molar-refractivity contribution in [2.75, 3.05) is 32.6 Å². The summed E-state index contributed by atoms with van der Waals surface area (Å²) in [6, 6.07) is 6.07. The van der Waals surface area contributed by atoms with Crippen LogP contribution in [0.4, 0.5) is 10.1 Å². The number of carbonyl (C=O) groups excluding carboxylic acids is 1. The summed E-state index contributed by atoms with van der Waals surface area (Å²) in [7, 11) is -1.02. The molecule has 1 saturated heterocycles. The van der Waals surface area contributed by atoms with Crippen molar-refractivity contribution in [3.05, 3.63) is 51.4 Å². The van der Waals surface area contributed by atoms with Gasteiger partial charge in [0.15, 0.2) is 0 Å². The Morgan fingerprint density at radius 3 is 2.79 bits per heavy atom. The molecule has 158 valence electrons. The van der Waals surface area contributed by atoms with E-state index in [1.165, 1.54) is 41.9 Å². The van der Waals surface area contributed by atoms with Gasteiger partial charge in [0.1, 0.15) is 11.9 Å². The zero-order valence-corrected chi connectivity index (χ0v) is 18.2. The van der Waals surface area contributed by atoms with E-state index in [0.717, 1.165) is 15.2 Å². The summed E-state index contributed by atoms with van der Waals surface area (Å²) in [5.74, 6) is -1.11. The van der Waals surface area contributed by atoms with E-state index >= 15 is 0 Å². The van der Waals surface area contributed by atoms with Gasteiger partial charge >= 0.3 is 0 Å². The van der Waals surface area contributed by atoms with Crippen LogP contribution in [0.15, 0.2) is 35.7 Å². The minimum absolute atomic E-state index is 0.130. The maximum absolute atomic E-state index is 13.4. The molecule has 1 aromatic carbocycles. The highest BCUT2D eigenvalue weighted by Crippen LogP contribution is 2.38. The van der Waals surface area contributed by atoms with Gasteiger partial charge in [0, 0.05) is 31.3 Å². The average Bonchev–Trinajstić information content (AvgIpc) is 3.20. The number of thiophene rings is 1.